The van der Waals surface area contributed by atoms with Crippen LogP contribution in [0.2, 0.25) is 0 Å². The molecule has 184 valence electrons. The van der Waals surface area contributed by atoms with Crippen LogP contribution in [0.3, 0.4) is 0 Å². The molecular weight excluding hydrogens is 454 g/mol. The molecule has 0 aromatic heterocycles. The van der Waals surface area contributed by atoms with Crippen molar-refractivity contribution in [3.05, 3.63) is 23.3 Å². The maximum Gasteiger partial charge on any atom is 0.505 e. The van der Waals surface area contributed by atoms with Crippen molar-refractivity contribution in [3.8, 4) is 17.2 Å². The molecule has 1 aromatic rings. The van der Waals surface area contributed by atoms with Crippen LogP contribution in [0.15, 0.2) is 12.1 Å². The fourth-order valence-electron chi connectivity index (χ4n) is 4.94. The Morgan fingerprint density at radius 3 is 2.56 bits per heavy atom. The summed E-state index contributed by atoms with van der Waals surface area (Å²) in [6.45, 7) is 3.37. The standard InChI is InChI=1S/C21H25N3O10/c1-20(2)32-14-10(25)6-9-8-7-11-15(34-21(28,29)31-11)16(30-5)12(8)18(26)24(13(9)17(14)33-20)23(4)19(27)22-3/h6-7,10,13-14,17,25,28-29H,1-5H3,(H,22,27)/t10-,13+,14?,17?/m0/s1. The van der Waals surface area contributed by atoms with Gasteiger partial charge in [0.1, 0.15) is 24.4 Å². The van der Waals surface area contributed by atoms with Gasteiger partial charge in [0.05, 0.1) is 12.7 Å². The number of hydrogen-bond acceptors (Lipinski definition) is 10. The van der Waals surface area contributed by atoms with Gasteiger partial charge in [-0.05, 0) is 31.6 Å². The molecule has 4 N–H and O–H groups in total. The lowest BCUT2D eigenvalue weighted by atomic mass is 9.78. The minimum Gasteiger partial charge on any atom is -0.492 e. The van der Waals surface area contributed by atoms with E-state index in [0.717, 1.165) is 5.01 Å². The molecule has 0 bridgehead atoms. The SMILES string of the molecule is CNC(=O)N(C)N1C(=O)c2c(cc3c(c2OC)OC(O)(O)O3)C2=C[C@H](O)C3OC(C)(C)OC3[C@@H]21. The van der Waals surface area contributed by atoms with E-state index < -0.39 is 48.2 Å². The lowest BCUT2D eigenvalue weighted by Crippen LogP contribution is -2.64. The molecule has 3 amide bonds. The Balaban J connectivity index is 1.76. The number of aliphatic hydroxyl groups is 3. The van der Waals surface area contributed by atoms with Crippen molar-refractivity contribution in [2.24, 2.45) is 0 Å². The number of nitrogens with one attached hydrogen (secondary N) is 1. The molecule has 13 nitrogen and oxygen atoms in total. The third-order valence-corrected chi connectivity index (χ3v) is 6.19. The molecule has 0 saturated carbocycles. The molecule has 0 spiro atoms. The molecule has 2 unspecified atom stereocenters. The Kier molecular flexibility index (Phi) is 4.80. The van der Waals surface area contributed by atoms with Crippen LogP contribution in [0.25, 0.3) is 5.57 Å². The molecule has 34 heavy (non-hydrogen) atoms. The van der Waals surface area contributed by atoms with Crippen LogP contribution in [0.5, 0.6) is 17.2 Å². The smallest absolute Gasteiger partial charge is 0.492 e. The van der Waals surface area contributed by atoms with Crippen LogP contribution >= 0.6 is 0 Å². The Bertz CT molecular complexity index is 1120. The van der Waals surface area contributed by atoms with E-state index in [9.17, 15) is 24.9 Å². The fraction of sp³-hybridized carbons (Fsp3) is 0.524. The third kappa shape index (κ3) is 3.12. The van der Waals surface area contributed by atoms with Gasteiger partial charge in [-0.15, -0.1) is 0 Å². The van der Waals surface area contributed by atoms with Crippen molar-refractivity contribution in [2.45, 2.75) is 50.1 Å². The van der Waals surface area contributed by atoms with E-state index in [1.165, 1.54) is 38.4 Å². The highest BCUT2D eigenvalue weighted by atomic mass is 17.0. The van der Waals surface area contributed by atoms with Crippen molar-refractivity contribution < 1.29 is 48.6 Å². The van der Waals surface area contributed by atoms with Crippen LogP contribution in [0.4, 0.5) is 4.79 Å². The third-order valence-electron chi connectivity index (χ3n) is 6.19. The van der Waals surface area contributed by atoms with E-state index in [0.29, 0.717) is 11.1 Å². The fourth-order valence-corrected chi connectivity index (χ4v) is 4.94. The first-order valence-electron chi connectivity index (χ1n) is 10.5. The summed E-state index contributed by atoms with van der Waals surface area (Å²) in [7, 11) is 4.10. The average molecular weight is 479 g/mol. The van der Waals surface area contributed by atoms with E-state index in [2.05, 4.69) is 5.32 Å². The van der Waals surface area contributed by atoms with E-state index in [4.69, 9.17) is 23.7 Å². The summed E-state index contributed by atoms with van der Waals surface area (Å²) < 4.78 is 27.5. The van der Waals surface area contributed by atoms with Gasteiger partial charge >= 0.3 is 12.2 Å². The van der Waals surface area contributed by atoms with Crippen LogP contribution in [-0.4, -0.2) is 94.8 Å². The van der Waals surface area contributed by atoms with Crippen molar-refractivity contribution in [3.63, 3.8) is 0 Å². The number of aliphatic hydroxyl groups excluding tert-OH is 1. The maximum absolute atomic E-state index is 13.9. The molecule has 1 fully saturated rings. The summed E-state index contributed by atoms with van der Waals surface area (Å²) in [5.41, 5.74) is 0.697. The summed E-state index contributed by atoms with van der Waals surface area (Å²) in [5, 5.41) is 35.4. The molecule has 4 atom stereocenters. The molecule has 3 heterocycles. The van der Waals surface area contributed by atoms with Gasteiger partial charge in [-0.25, -0.2) is 14.8 Å². The minimum atomic E-state index is -2.96. The molecule has 1 aliphatic carbocycles. The molecule has 0 radical (unpaired) electrons. The van der Waals surface area contributed by atoms with E-state index >= 15 is 0 Å². The second kappa shape index (κ2) is 7.20. The van der Waals surface area contributed by atoms with Crippen molar-refractivity contribution in [2.75, 3.05) is 21.2 Å². The molecular formula is C21H25N3O10. The van der Waals surface area contributed by atoms with Crippen molar-refractivity contribution >= 4 is 17.5 Å². The van der Waals surface area contributed by atoms with Gasteiger partial charge in [0.25, 0.3) is 5.91 Å². The van der Waals surface area contributed by atoms with Gasteiger partial charge < -0.3 is 34.1 Å². The van der Waals surface area contributed by atoms with Gasteiger partial charge in [-0.3, -0.25) is 15.0 Å². The number of benzene rings is 1. The number of ether oxygens (including phenoxy) is 5. The lowest BCUT2D eigenvalue weighted by Gasteiger charge is -2.47. The quantitative estimate of drug-likeness (QED) is 0.402. The van der Waals surface area contributed by atoms with E-state index in [1.807, 2.05) is 0 Å². The van der Waals surface area contributed by atoms with Gasteiger partial charge in [0.15, 0.2) is 17.3 Å². The molecule has 13 heteroatoms. The number of hydrogen-bond donors (Lipinski definition) is 4. The molecule has 4 aliphatic rings. The Morgan fingerprint density at radius 2 is 1.91 bits per heavy atom. The van der Waals surface area contributed by atoms with Crippen LogP contribution in [0.1, 0.15) is 29.8 Å². The molecule has 1 aromatic carbocycles. The molecule has 5 rings (SSSR count). The monoisotopic (exact) mass is 479 g/mol. The largest absolute Gasteiger partial charge is 0.505 e. The predicted octanol–water partition coefficient (Wildman–Crippen LogP) is -0.649. The number of carbonyl (C=O) groups excluding carboxylic acids is 2. The lowest BCUT2D eigenvalue weighted by molar-refractivity contribution is -0.385. The van der Waals surface area contributed by atoms with Crippen LogP contribution < -0.4 is 19.5 Å². The average Bonchev–Trinajstić information content (AvgIpc) is 3.26. The number of amides is 3. The van der Waals surface area contributed by atoms with E-state index in [-0.39, 0.29) is 22.8 Å². The predicted molar refractivity (Wildman–Crippen MR) is 111 cm³/mol. The highest BCUT2D eigenvalue weighted by molar-refractivity contribution is 6.08. The highest BCUT2D eigenvalue weighted by Gasteiger charge is 2.58. The van der Waals surface area contributed by atoms with Gasteiger partial charge in [0, 0.05) is 19.7 Å². The summed E-state index contributed by atoms with van der Waals surface area (Å²) in [6.07, 6.45) is -4.19. The summed E-state index contributed by atoms with van der Waals surface area (Å²) >= 11 is 0. The topological polar surface area (TPSA) is 159 Å². The number of hydrazine groups is 1. The first kappa shape index (κ1) is 22.7. The second-order valence-electron chi connectivity index (χ2n) is 8.76. The van der Waals surface area contributed by atoms with Crippen molar-refractivity contribution in [1.82, 2.24) is 15.3 Å². The number of nitrogens with zero attached hydrogens (tertiary/aromatic N) is 2. The van der Waals surface area contributed by atoms with E-state index in [1.54, 1.807) is 13.8 Å². The Hall–Kier alpha value is -3.10. The minimum absolute atomic E-state index is 0.0235. The zero-order valence-corrected chi connectivity index (χ0v) is 19.1. The zero-order valence-electron chi connectivity index (χ0n) is 19.1. The normalized spacial score (nSPS) is 29.6. The summed E-state index contributed by atoms with van der Waals surface area (Å²) in [4.78, 5) is 26.5. The Labute approximate surface area is 194 Å². The number of urea groups is 1. The van der Waals surface area contributed by atoms with Gasteiger partial charge in [0.2, 0.25) is 5.75 Å². The molecule has 3 aliphatic heterocycles. The number of rotatable bonds is 2. The van der Waals surface area contributed by atoms with Crippen LogP contribution in [0, 0.1) is 0 Å². The highest BCUT2D eigenvalue weighted by Crippen LogP contribution is 2.54. The first-order valence-corrected chi connectivity index (χ1v) is 10.5. The molecule has 1 saturated heterocycles. The number of methoxy groups -OCH3 is 1. The zero-order chi connectivity index (χ0) is 24.7. The van der Waals surface area contributed by atoms with Gasteiger partial charge in [-0.2, -0.15) is 0 Å². The summed E-state index contributed by atoms with van der Waals surface area (Å²) in [6, 6.07) is -0.0689. The number of carbonyl (C=O) groups is 2. The number of fused-ring (bicyclic) bond motifs is 6. The maximum atomic E-state index is 13.9. The Morgan fingerprint density at radius 1 is 1.24 bits per heavy atom. The van der Waals surface area contributed by atoms with Gasteiger partial charge in [-0.1, -0.05) is 0 Å². The van der Waals surface area contributed by atoms with Crippen LogP contribution in [-0.2, 0) is 9.47 Å². The summed E-state index contributed by atoms with van der Waals surface area (Å²) in [5.74, 6) is -2.11. The van der Waals surface area contributed by atoms with Crippen molar-refractivity contribution in [1.29, 1.82) is 0 Å². The second-order valence-corrected chi connectivity index (χ2v) is 8.76. The first-order chi connectivity index (χ1) is 15.9.